The van der Waals surface area contributed by atoms with Crippen LogP contribution in [0.3, 0.4) is 0 Å². The molecule has 2 aromatic heterocycles. The lowest BCUT2D eigenvalue weighted by Gasteiger charge is -2.29. The summed E-state index contributed by atoms with van der Waals surface area (Å²) < 4.78 is 1.90. The number of amides is 1. The van der Waals surface area contributed by atoms with E-state index in [1.54, 1.807) is 6.20 Å². The number of allylic oxidation sites excluding steroid dienone is 2. The first-order valence-corrected chi connectivity index (χ1v) is 12.1. The predicted molar refractivity (Wildman–Crippen MR) is 126 cm³/mol. The number of rotatable bonds is 6. The van der Waals surface area contributed by atoms with Gasteiger partial charge in [0.05, 0.1) is 24.3 Å². The molecule has 33 heavy (non-hydrogen) atoms. The molecule has 0 spiro atoms. The Morgan fingerprint density at radius 3 is 2.82 bits per heavy atom. The van der Waals surface area contributed by atoms with Crippen molar-refractivity contribution in [3.8, 4) is 0 Å². The van der Waals surface area contributed by atoms with Gasteiger partial charge in [-0.15, -0.1) is 0 Å². The topological polar surface area (TPSA) is 87.5 Å². The molecule has 0 unspecified atom stereocenters. The number of hydrogen-bond acceptors (Lipinski definition) is 5. The van der Waals surface area contributed by atoms with Gasteiger partial charge in [-0.1, -0.05) is 19.1 Å². The van der Waals surface area contributed by atoms with Crippen molar-refractivity contribution in [1.29, 1.82) is 0 Å². The maximum Gasteiger partial charge on any atom is 0.258 e. The van der Waals surface area contributed by atoms with Crippen LogP contribution in [-0.4, -0.2) is 44.7 Å². The molecule has 2 aromatic rings. The molecule has 1 aliphatic carbocycles. The van der Waals surface area contributed by atoms with Crippen LogP contribution in [0.15, 0.2) is 47.4 Å². The van der Waals surface area contributed by atoms with E-state index in [-0.39, 0.29) is 36.0 Å². The normalized spacial score (nSPS) is 26.5. The van der Waals surface area contributed by atoms with E-state index in [0.29, 0.717) is 19.6 Å². The minimum Gasteiger partial charge on any atom is -0.396 e. The molecule has 0 radical (unpaired) electrons. The average molecular weight is 449 g/mol. The van der Waals surface area contributed by atoms with Gasteiger partial charge < -0.3 is 15.0 Å². The van der Waals surface area contributed by atoms with Gasteiger partial charge in [0.25, 0.3) is 5.56 Å². The molecule has 7 heteroatoms. The van der Waals surface area contributed by atoms with Crippen LogP contribution >= 0.6 is 0 Å². The highest BCUT2D eigenvalue weighted by Gasteiger charge is 2.55. The van der Waals surface area contributed by atoms with E-state index in [1.165, 1.54) is 6.42 Å². The molecule has 1 amide bonds. The number of likely N-dealkylation sites (N-methyl/N-ethyl adjacent to an activating group) is 1. The molecule has 5 rings (SSSR count). The molecule has 4 atom stereocenters. The summed E-state index contributed by atoms with van der Waals surface area (Å²) >= 11 is 0. The van der Waals surface area contributed by atoms with Gasteiger partial charge in [0.2, 0.25) is 5.91 Å². The van der Waals surface area contributed by atoms with Crippen LogP contribution in [-0.2, 0) is 17.9 Å². The first kappa shape index (κ1) is 22.0. The monoisotopic (exact) mass is 448 g/mol. The second kappa shape index (κ2) is 9.23. The van der Waals surface area contributed by atoms with Crippen molar-refractivity contribution in [1.82, 2.24) is 19.8 Å². The molecular weight excluding hydrogens is 416 g/mol. The fraction of sp³-hybridized carbons (Fsp3) is 0.500. The van der Waals surface area contributed by atoms with E-state index in [2.05, 4.69) is 27.3 Å². The lowest BCUT2D eigenvalue weighted by molar-refractivity contribution is -0.127. The number of aliphatic hydroxyl groups is 1. The van der Waals surface area contributed by atoms with E-state index >= 15 is 0 Å². The number of aromatic nitrogens is 2. The Morgan fingerprint density at radius 1 is 1.24 bits per heavy atom. The summed E-state index contributed by atoms with van der Waals surface area (Å²) in [4.78, 5) is 33.1. The van der Waals surface area contributed by atoms with Crippen molar-refractivity contribution in [2.24, 2.45) is 11.8 Å². The van der Waals surface area contributed by atoms with Crippen LogP contribution in [0.1, 0.15) is 55.6 Å². The molecule has 1 fully saturated rings. The zero-order valence-corrected chi connectivity index (χ0v) is 19.1. The minimum absolute atomic E-state index is 0.0313. The molecule has 3 aliphatic rings. The summed E-state index contributed by atoms with van der Waals surface area (Å²) in [6, 6.07) is 9.21. The van der Waals surface area contributed by atoms with Crippen molar-refractivity contribution in [3.63, 3.8) is 0 Å². The zero-order chi connectivity index (χ0) is 22.9. The Balaban J connectivity index is 1.42. The Morgan fingerprint density at radius 2 is 2.12 bits per heavy atom. The Labute approximate surface area is 194 Å². The number of aliphatic hydroxyl groups excluding tert-OH is 1. The minimum atomic E-state index is -0.428. The summed E-state index contributed by atoms with van der Waals surface area (Å²) in [5, 5.41) is 13.3. The van der Waals surface area contributed by atoms with Crippen LogP contribution in [0, 0.1) is 11.8 Å². The van der Waals surface area contributed by atoms with Gasteiger partial charge in [-0.2, -0.15) is 0 Å². The maximum atomic E-state index is 13.4. The summed E-state index contributed by atoms with van der Waals surface area (Å²) in [5.41, 5.74) is 3.81. The van der Waals surface area contributed by atoms with Gasteiger partial charge in [-0.3, -0.25) is 19.5 Å². The number of pyridine rings is 2. The highest BCUT2D eigenvalue weighted by atomic mass is 16.3. The van der Waals surface area contributed by atoms with E-state index in [1.807, 2.05) is 35.8 Å². The number of carbonyl (C=O) groups is 1. The first-order valence-electron chi connectivity index (χ1n) is 12.1. The second-order valence-electron chi connectivity index (χ2n) is 9.33. The quantitative estimate of drug-likeness (QED) is 0.709. The number of fused-ring (bicyclic) bond motifs is 3. The van der Waals surface area contributed by atoms with Gasteiger partial charge in [0, 0.05) is 42.4 Å². The Hall–Kier alpha value is -2.77. The van der Waals surface area contributed by atoms with Crippen LogP contribution in [0.5, 0.6) is 0 Å². The average Bonchev–Trinajstić information content (AvgIpc) is 3.38. The maximum absolute atomic E-state index is 13.4. The van der Waals surface area contributed by atoms with E-state index in [0.717, 1.165) is 41.8 Å². The SMILES string of the molecule is CCN1[C@@H]2c3ccc(C4=CCCCC4)c(=O)n3C[C@@H]2[C@@H](CO)[C@@H]1C(=O)NCc1ccccn1. The van der Waals surface area contributed by atoms with Crippen LogP contribution in [0.2, 0.25) is 0 Å². The van der Waals surface area contributed by atoms with Crippen molar-refractivity contribution in [3.05, 3.63) is 69.9 Å². The van der Waals surface area contributed by atoms with Crippen LogP contribution < -0.4 is 10.9 Å². The van der Waals surface area contributed by atoms with Crippen molar-refractivity contribution in [2.75, 3.05) is 13.2 Å². The smallest absolute Gasteiger partial charge is 0.258 e. The number of hydrogen-bond donors (Lipinski definition) is 2. The molecule has 0 bridgehead atoms. The largest absolute Gasteiger partial charge is 0.396 e. The third-order valence-corrected chi connectivity index (χ3v) is 7.63. The Bertz CT molecular complexity index is 1110. The van der Waals surface area contributed by atoms with E-state index in [9.17, 15) is 14.7 Å². The highest BCUT2D eigenvalue weighted by Crippen LogP contribution is 2.49. The zero-order valence-electron chi connectivity index (χ0n) is 19.1. The fourth-order valence-electron chi connectivity index (χ4n) is 6.09. The Kier molecular flexibility index (Phi) is 6.17. The molecule has 1 saturated heterocycles. The van der Waals surface area contributed by atoms with Gasteiger partial charge >= 0.3 is 0 Å². The van der Waals surface area contributed by atoms with Gasteiger partial charge in [0.1, 0.15) is 0 Å². The highest BCUT2D eigenvalue weighted by molar-refractivity contribution is 5.82. The molecule has 174 valence electrons. The van der Waals surface area contributed by atoms with Gasteiger partial charge in [-0.05, 0) is 62.1 Å². The summed E-state index contributed by atoms with van der Waals surface area (Å²) in [6.45, 7) is 3.53. The molecule has 0 saturated carbocycles. The van der Waals surface area contributed by atoms with Gasteiger partial charge in [-0.25, -0.2) is 0 Å². The van der Waals surface area contributed by atoms with Crippen molar-refractivity contribution in [2.45, 2.75) is 57.8 Å². The summed E-state index contributed by atoms with van der Waals surface area (Å²) in [7, 11) is 0. The molecule has 4 heterocycles. The first-order chi connectivity index (χ1) is 16.1. The molecule has 0 aromatic carbocycles. The molecule has 2 aliphatic heterocycles. The second-order valence-corrected chi connectivity index (χ2v) is 9.33. The molecule has 7 nitrogen and oxygen atoms in total. The number of likely N-dealkylation sites (tertiary alicyclic amines) is 1. The van der Waals surface area contributed by atoms with Gasteiger partial charge in [0.15, 0.2) is 0 Å². The van der Waals surface area contributed by atoms with Crippen molar-refractivity contribution < 1.29 is 9.90 Å². The van der Waals surface area contributed by atoms with Crippen LogP contribution in [0.4, 0.5) is 0 Å². The molecule has 2 N–H and O–H groups in total. The number of carbonyl (C=O) groups excluding carboxylic acids is 1. The van der Waals surface area contributed by atoms with Crippen molar-refractivity contribution >= 4 is 11.5 Å². The summed E-state index contributed by atoms with van der Waals surface area (Å²) in [6.07, 6.45) is 8.23. The lowest BCUT2D eigenvalue weighted by Crippen LogP contribution is -2.48. The van der Waals surface area contributed by atoms with E-state index < -0.39 is 6.04 Å². The van der Waals surface area contributed by atoms with E-state index in [4.69, 9.17) is 0 Å². The lowest BCUT2D eigenvalue weighted by atomic mass is 9.88. The number of nitrogens with one attached hydrogen (secondary N) is 1. The fourth-order valence-corrected chi connectivity index (χ4v) is 6.09. The van der Waals surface area contributed by atoms with Crippen LogP contribution in [0.25, 0.3) is 5.57 Å². The summed E-state index contributed by atoms with van der Waals surface area (Å²) in [5.74, 6) is -0.284. The third-order valence-electron chi connectivity index (χ3n) is 7.63. The standard InChI is InChI=1S/C26H32N4O3/c1-2-29-23-20(21(16-31)24(29)25(32)28-14-18-10-6-7-13-27-18)15-30-22(23)12-11-19(26(30)33)17-8-4-3-5-9-17/h6-8,10-13,20-21,23-24,31H,2-5,9,14-16H2,1H3,(H,28,32)/t20-,21-,23+,24-/m1/s1. The predicted octanol–water partition coefficient (Wildman–Crippen LogP) is 2.50. The third kappa shape index (κ3) is 3.83. The number of nitrogens with zero attached hydrogens (tertiary/aromatic N) is 3. The molecular formula is C26H32N4O3.